The Hall–Kier alpha value is -0.970. The SMILES string of the molecule is CS(=O)(=O)N1CCN(S(=O)(=O)c2cn[nH]c2)CC1. The Morgan fingerprint density at radius 3 is 2.11 bits per heavy atom. The van der Waals surface area contributed by atoms with E-state index in [1.807, 2.05) is 0 Å². The zero-order chi connectivity index (χ0) is 13.4. The van der Waals surface area contributed by atoms with Crippen LogP contribution in [-0.4, -0.2) is 68.1 Å². The van der Waals surface area contributed by atoms with Crippen molar-refractivity contribution in [2.24, 2.45) is 0 Å². The van der Waals surface area contributed by atoms with E-state index < -0.39 is 20.0 Å². The zero-order valence-electron chi connectivity index (χ0n) is 9.77. The normalized spacial score (nSPS) is 20.1. The van der Waals surface area contributed by atoms with Crippen LogP contribution >= 0.6 is 0 Å². The highest BCUT2D eigenvalue weighted by Crippen LogP contribution is 2.16. The number of piperazine rings is 1. The first-order chi connectivity index (χ1) is 8.32. The summed E-state index contributed by atoms with van der Waals surface area (Å²) >= 11 is 0. The summed E-state index contributed by atoms with van der Waals surface area (Å²) in [6, 6.07) is 0. The molecule has 1 saturated heterocycles. The molecule has 1 aliphatic rings. The minimum Gasteiger partial charge on any atom is -0.284 e. The van der Waals surface area contributed by atoms with Gasteiger partial charge in [-0.05, 0) is 0 Å². The third kappa shape index (κ3) is 2.55. The molecule has 1 aliphatic heterocycles. The smallest absolute Gasteiger partial charge is 0.246 e. The second-order valence-corrected chi connectivity index (χ2v) is 7.92. The van der Waals surface area contributed by atoms with Crippen molar-refractivity contribution in [1.82, 2.24) is 18.8 Å². The lowest BCUT2D eigenvalue weighted by Crippen LogP contribution is -2.50. The van der Waals surface area contributed by atoms with E-state index in [0.717, 1.165) is 6.26 Å². The first-order valence-electron chi connectivity index (χ1n) is 5.26. The number of aromatic nitrogens is 2. The molecule has 0 amide bonds. The monoisotopic (exact) mass is 294 g/mol. The Bertz CT molecular complexity index is 600. The minimum atomic E-state index is -3.57. The van der Waals surface area contributed by atoms with Crippen molar-refractivity contribution in [3.8, 4) is 0 Å². The zero-order valence-corrected chi connectivity index (χ0v) is 11.4. The molecule has 0 aromatic carbocycles. The summed E-state index contributed by atoms with van der Waals surface area (Å²) in [5, 5.41) is 6.05. The standard InChI is InChI=1S/C8H14N4O4S2/c1-17(13,14)11-2-4-12(5-3-11)18(15,16)8-6-9-10-7-8/h6-7H,2-5H2,1H3,(H,9,10). The molecule has 1 aromatic heterocycles. The van der Waals surface area contributed by atoms with Crippen LogP contribution in [0.2, 0.25) is 0 Å². The Kier molecular flexibility index (Phi) is 3.45. The van der Waals surface area contributed by atoms with Gasteiger partial charge in [0.1, 0.15) is 4.90 Å². The lowest BCUT2D eigenvalue weighted by molar-refractivity contribution is 0.274. The third-order valence-corrected chi connectivity index (χ3v) is 5.94. The average molecular weight is 294 g/mol. The topological polar surface area (TPSA) is 103 Å². The number of H-pyrrole nitrogens is 1. The summed E-state index contributed by atoms with van der Waals surface area (Å²) in [6.07, 6.45) is 3.66. The van der Waals surface area contributed by atoms with Gasteiger partial charge >= 0.3 is 0 Å². The van der Waals surface area contributed by atoms with Crippen LogP contribution in [-0.2, 0) is 20.0 Å². The van der Waals surface area contributed by atoms with Gasteiger partial charge in [0, 0.05) is 32.4 Å². The second kappa shape index (κ2) is 4.61. The number of rotatable bonds is 3. The molecule has 1 N–H and O–H groups in total. The Morgan fingerprint density at radius 1 is 1.11 bits per heavy atom. The van der Waals surface area contributed by atoms with Gasteiger partial charge in [-0.25, -0.2) is 16.8 Å². The van der Waals surface area contributed by atoms with Crippen LogP contribution in [0.25, 0.3) is 0 Å². The van der Waals surface area contributed by atoms with E-state index in [-0.39, 0.29) is 31.1 Å². The maximum absolute atomic E-state index is 12.1. The molecule has 0 unspecified atom stereocenters. The molecule has 0 radical (unpaired) electrons. The van der Waals surface area contributed by atoms with Gasteiger partial charge in [-0.1, -0.05) is 0 Å². The maximum Gasteiger partial charge on any atom is 0.246 e. The Balaban J connectivity index is 2.11. The predicted molar refractivity (Wildman–Crippen MR) is 63.8 cm³/mol. The van der Waals surface area contributed by atoms with E-state index in [1.54, 1.807) is 0 Å². The van der Waals surface area contributed by atoms with Gasteiger partial charge in [0.15, 0.2) is 0 Å². The summed E-state index contributed by atoms with van der Waals surface area (Å²) in [5.74, 6) is 0. The van der Waals surface area contributed by atoms with Gasteiger partial charge in [0.05, 0.1) is 12.5 Å². The van der Waals surface area contributed by atoms with Gasteiger partial charge in [-0.3, -0.25) is 5.10 Å². The van der Waals surface area contributed by atoms with Crippen molar-refractivity contribution in [3.63, 3.8) is 0 Å². The number of nitrogens with one attached hydrogen (secondary N) is 1. The fourth-order valence-electron chi connectivity index (χ4n) is 1.77. The molecule has 0 atom stereocenters. The first kappa shape index (κ1) is 13.5. The maximum atomic E-state index is 12.1. The molecule has 2 rings (SSSR count). The number of hydrogen-bond acceptors (Lipinski definition) is 5. The number of nitrogens with zero attached hydrogens (tertiary/aromatic N) is 3. The fraction of sp³-hybridized carbons (Fsp3) is 0.625. The number of aromatic amines is 1. The Labute approximate surface area is 106 Å². The summed E-state index contributed by atoms with van der Waals surface area (Å²) < 4.78 is 49.4. The highest BCUT2D eigenvalue weighted by atomic mass is 32.2. The van der Waals surface area contributed by atoms with Crippen LogP contribution in [0.1, 0.15) is 0 Å². The van der Waals surface area contributed by atoms with E-state index in [2.05, 4.69) is 10.2 Å². The molecule has 0 bridgehead atoms. The van der Waals surface area contributed by atoms with Crippen LogP contribution in [0, 0.1) is 0 Å². The first-order valence-corrected chi connectivity index (χ1v) is 8.55. The van der Waals surface area contributed by atoms with E-state index in [0.29, 0.717) is 0 Å². The molecule has 0 saturated carbocycles. The molecular formula is C8H14N4O4S2. The lowest BCUT2D eigenvalue weighted by atomic mass is 10.4. The van der Waals surface area contributed by atoms with Crippen molar-refractivity contribution in [2.45, 2.75) is 4.90 Å². The summed E-state index contributed by atoms with van der Waals surface area (Å²) in [7, 11) is -6.82. The van der Waals surface area contributed by atoms with Gasteiger partial charge in [-0.2, -0.15) is 13.7 Å². The second-order valence-electron chi connectivity index (χ2n) is 4.00. The van der Waals surface area contributed by atoms with E-state index >= 15 is 0 Å². The van der Waals surface area contributed by atoms with Crippen molar-refractivity contribution < 1.29 is 16.8 Å². The van der Waals surface area contributed by atoms with Crippen LogP contribution in [0.4, 0.5) is 0 Å². The summed E-state index contributed by atoms with van der Waals surface area (Å²) in [4.78, 5) is 0.0929. The van der Waals surface area contributed by atoms with E-state index in [4.69, 9.17) is 0 Å². The number of sulfonamides is 2. The predicted octanol–water partition coefficient (Wildman–Crippen LogP) is -1.32. The molecule has 1 aromatic rings. The van der Waals surface area contributed by atoms with Crippen LogP contribution in [0.5, 0.6) is 0 Å². The van der Waals surface area contributed by atoms with Crippen molar-refractivity contribution >= 4 is 20.0 Å². The minimum absolute atomic E-state index is 0.0929. The van der Waals surface area contributed by atoms with Crippen LogP contribution < -0.4 is 0 Å². The average Bonchev–Trinajstić information content (AvgIpc) is 2.82. The molecule has 0 spiro atoms. The molecule has 8 nitrogen and oxygen atoms in total. The van der Waals surface area contributed by atoms with Crippen molar-refractivity contribution in [2.75, 3.05) is 32.4 Å². The quantitative estimate of drug-likeness (QED) is 0.744. The van der Waals surface area contributed by atoms with Crippen LogP contribution in [0.3, 0.4) is 0 Å². The molecular weight excluding hydrogens is 280 g/mol. The highest BCUT2D eigenvalue weighted by molar-refractivity contribution is 7.89. The Morgan fingerprint density at radius 2 is 1.67 bits per heavy atom. The van der Waals surface area contributed by atoms with Crippen molar-refractivity contribution in [1.29, 1.82) is 0 Å². The number of hydrogen-bond donors (Lipinski definition) is 1. The lowest BCUT2D eigenvalue weighted by Gasteiger charge is -2.32. The molecule has 1 fully saturated rings. The van der Waals surface area contributed by atoms with Gasteiger partial charge in [-0.15, -0.1) is 0 Å². The van der Waals surface area contributed by atoms with Gasteiger partial charge < -0.3 is 0 Å². The molecule has 2 heterocycles. The third-order valence-electron chi connectivity index (χ3n) is 2.78. The molecule has 10 heteroatoms. The summed E-state index contributed by atoms with van der Waals surface area (Å²) in [5.41, 5.74) is 0. The van der Waals surface area contributed by atoms with E-state index in [1.165, 1.54) is 21.0 Å². The largest absolute Gasteiger partial charge is 0.284 e. The van der Waals surface area contributed by atoms with Gasteiger partial charge in [0.2, 0.25) is 20.0 Å². The fourth-order valence-corrected chi connectivity index (χ4v) is 3.93. The van der Waals surface area contributed by atoms with Gasteiger partial charge in [0.25, 0.3) is 0 Å². The molecule has 18 heavy (non-hydrogen) atoms. The highest BCUT2D eigenvalue weighted by Gasteiger charge is 2.31. The van der Waals surface area contributed by atoms with Crippen molar-refractivity contribution in [3.05, 3.63) is 12.4 Å². The van der Waals surface area contributed by atoms with Crippen LogP contribution in [0.15, 0.2) is 17.3 Å². The van der Waals surface area contributed by atoms with E-state index in [9.17, 15) is 16.8 Å². The molecule has 0 aliphatic carbocycles. The summed E-state index contributed by atoms with van der Waals surface area (Å²) in [6.45, 7) is 0.660. The molecule has 102 valence electrons.